The van der Waals surface area contributed by atoms with Crippen molar-refractivity contribution in [1.82, 2.24) is 14.9 Å². The normalized spacial score (nSPS) is 12.2. The van der Waals surface area contributed by atoms with Crippen LogP contribution in [0.4, 0.5) is 0 Å². The standard InChI is InChI=1S/C24H30ClN3O/c1-3-18(2)17-28-22-10-7-6-9-21(22)27-23(28)11-5-4-8-16-26-24(29)19-12-14-20(25)15-13-19/h6-7,9-10,12-15,18H,3-5,8,11,16-17H2,1-2H3,(H,26,29). The van der Waals surface area contributed by atoms with Gasteiger partial charge in [-0.1, -0.05) is 50.4 Å². The van der Waals surface area contributed by atoms with Crippen LogP contribution >= 0.6 is 11.6 Å². The molecular formula is C24H30ClN3O. The Hall–Kier alpha value is -2.33. The third-order valence-electron chi connectivity index (χ3n) is 5.39. The summed E-state index contributed by atoms with van der Waals surface area (Å²) in [5.41, 5.74) is 2.97. The molecule has 5 heteroatoms. The second-order valence-electron chi connectivity index (χ2n) is 7.71. The summed E-state index contributed by atoms with van der Waals surface area (Å²) in [5.74, 6) is 1.77. The molecule has 2 aromatic carbocycles. The maximum Gasteiger partial charge on any atom is 0.251 e. The predicted octanol–water partition coefficient (Wildman–Crippen LogP) is 5.88. The number of nitrogens with zero attached hydrogens (tertiary/aromatic N) is 2. The average molecular weight is 412 g/mol. The largest absolute Gasteiger partial charge is 0.352 e. The van der Waals surface area contributed by atoms with Gasteiger partial charge in [0.15, 0.2) is 0 Å². The van der Waals surface area contributed by atoms with Gasteiger partial charge >= 0.3 is 0 Å². The SMILES string of the molecule is CCC(C)Cn1c(CCCCCNC(=O)c2ccc(Cl)cc2)nc2ccccc21. The highest BCUT2D eigenvalue weighted by Crippen LogP contribution is 2.20. The van der Waals surface area contributed by atoms with E-state index in [1.807, 2.05) is 0 Å². The van der Waals surface area contributed by atoms with Crippen molar-refractivity contribution in [2.24, 2.45) is 5.92 Å². The number of imidazole rings is 1. The van der Waals surface area contributed by atoms with Crippen LogP contribution in [0.3, 0.4) is 0 Å². The van der Waals surface area contributed by atoms with Gasteiger partial charge in [-0.15, -0.1) is 0 Å². The van der Waals surface area contributed by atoms with E-state index in [-0.39, 0.29) is 5.91 Å². The first-order valence-electron chi connectivity index (χ1n) is 10.6. The average Bonchev–Trinajstić information content (AvgIpc) is 3.08. The molecule has 0 saturated heterocycles. The minimum atomic E-state index is -0.0444. The molecule has 1 unspecified atom stereocenters. The molecule has 1 N–H and O–H groups in total. The van der Waals surface area contributed by atoms with Crippen molar-refractivity contribution in [3.63, 3.8) is 0 Å². The minimum absolute atomic E-state index is 0.0444. The number of carbonyl (C=O) groups is 1. The number of carbonyl (C=O) groups excluding carboxylic acids is 1. The summed E-state index contributed by atoms with van der Waals surface area (Å²) in [5, 5.41) is 3.62. The summed E-state index contributed by atoms with van der Waals surface area (Å²) in [6.07, 6.45) is 5.23. The van der Waals surface area contributed by atoms with Crippen molar-refractivity contribution in [2.75, 3.05) is 6.54 Å². The van der Waals surface area contributed by atoms with Gasteiger partial charge < -0.3 is 9.88 Å². The molecule has 1 heterocycles. The van der Waals surface area contributed by atoms with Crippen molar-refractivity contribution in [1.29, 1.82) is 0 Å². The van der Waals surface area contributed by atoms with E-state index in [2.05, 4.69) is 48.0 Å². The van der Waals surface area contributed by atoms with E-state index in [1.54, 1.807) is 24.3 Å². The van der Waals surface area contributed by atoms with E-state index in [0.29, 0.717) is 23.0 Å². The quantitative estimate of drug-likeness (QED) is 0.423. The van der Waals surface area contributed by atoms with E-state index < -0.39 is 0 Å². The monoisotopic (exact) mass is 411 g/mol. The molecule has 3 aromatic rings. The summed E-state index contributed by atoms with van der Waals surface area (Å²) in [6, 6.07) is 15.4. The fraction of sp³-hybridized carbons (Fsp3) is 0.417. The molecule has 4 nitrogen and oxygen atoms in total. The van der Waals surface area contributed by atoms with Gasteiger partial charge in [0.05, 0.1) is 11.0 Å². The molecule has 1 atom stereocenters. The van der Waals surface area contributed by atoms with Gasteiger partial charge in [0.1, 0.15) is 5.82 Å². The van der Waals surface area contributed by atoms with Crippen molar-refractivity contribution < 1.29 is 4.79 Å². The number of halogens is 1. The molecule has 0 saturated carbocycles. The summed E-state index contributed by atoms with van der Waals surface area (Å²) in [4.78, 5) is 17.0. The number of aryl methyl sites for hydroxylation is 1. The topological polar surface area (TPSA) is 46.9 Å². The first-order valence-corrected chi connectivity index (χ1v) is 10.9. The van der Waals surface area contributed by atoms with Crippen LogP contribution in [0.1, 0.15) is 55.7 Å². The first kappa shape index (κ1) is 21.4. The predicted molar refractivity (Wildman–Crippen MR) is 121 cm³/mol. The van der Waals surface area contributed by atoms with Crippen LogP contribution in [-0.4, -0.2) is 22.0 Å². The lowest BCUT2D eigenvalue weighted by molar-refractivity contribution is 0.0953. The molecule has 0 aliphatic heterocycles. The van der Waals surface area contributed by atoms with Crippen molar-refractivity contribution >= 4 is 28.5 Å². The molecule has 1 aromatic heterocycles. The Morgan fingerprint density at radius 1 is 1.10 bits per heavy atom. The molecular weight excluding hydrogens is 382 g/mol. The van der Waals surface area contributed by atoms with Gasteiger partial charge in [-0.2, -0.15) is 0 Å². The molecule has 3 rings (SSSR count). The number of aromatic nitrogens is 2. The third-order valence-corrected chi connectivity index (χ3v) is 5.65. The van der Waals surface area contributed by atoms with Crippen molar-refractivity contribution in [3.05, 3.63) is 64.9 Å². The van der Waals surface area contributed by atoms with E-state index in [4.69, 9.17) is 16.6 Å². The Balaban J connectivity index is 1.48. The van der Waals surface area contributed by atoms with Crippen LogP contribution < -0.4 is 5.32 Å². The number of amides is 1. The summed E-state index contributed by atoms with van der Waals surface area (Å²) >= 11 is 5.86. The van der Waals surface area contributed by atoms with Gasteiger partial charge in [0.25, 0.3) is 5.91 Å². The van der Waals surface area contributed by atoms with Gasteiger partial charge in [-0.25, -0.2) is 4.98 Å². The number of hydrogen-bond donors (Lipinski definition) is 1. The smallest absolute Gasteiger partial charge is 0.251 e. The van der Waals surface area contributed by atoms with Gasteiger partial charge in [0, 0.05) is 30.1 Å². The summed E-state index contributed by atoms with van der Waals surface area (Å²) < 4.78 is 2.39. The highest BCUT2D eigenvalue weighted by atomic mass is 35.5. The fourth-order valence-electron chi connectivity index (χ4n) is 3.45. The molecule has 0 aliphatic carbocycles. The summed E-state index contributed by atoms with van der Waals surface area (Å²) in [7, 11) is 0. The number of para-hydroxylation sites is 2. The molecule has 29 heavy (non-hydrogen) atoms. The number of unbranched alkanes of at least 4 members (excludes halogenated alkanes) is 2. The Labute approximate surface area is 178 Å². The van der Waals surface area contributed by atoms with Crippen molar-refractivity contribution in [2.45, 2.75) is 52.5 Å². The van der Waals surface area contributed by atoms with Crippen LogP contribution in [0.2, 0.25) is 5.02 Å². The lowest BCUT2D eigenvalue weighted by Crippen LogP contribution is -2.24. The van der Waals surface area contributed by atoms with E-state index in [0.717, 1.165) is 37.7 Å². The molecule has 0 bridgehead atoms. The van der Waals surface area contributed by atoms with Crippen LogP contribution in [0.5, 0.6) is 0 Å². The van der Waals surface area contributed by atoms with Gasteiger partial charge in [-0.05, 0) is 55.2 Å². The van der Waals surface area contributed by atoms with Crippen molar-refractivity contribution in [3.8, 4) is 0 Å². The Morgan fingerprint density at radius 3 is 2.62 bits per heavy atom. The molecule has 0 radical (unpaired) electrons. The second-order valence-corrected chi connectivity index (χ2v) is 8.15. The molecule has 1 amide bonds. The molecule has 0 spiro atoms. The van der Waals surface area contributed by atoms with Gasteiger partial charge in [0.2, 0.25) is 0 Å². The van der Waals surface area contributed by atoms with Crippen LogP contribution in [0.25, 0.3) is 11.0 Å². The zero-order chi connectivity index (χ0) is 20.6. The molecule has 0 aliphatic rings. The maximum atomic E-state index is 12.1. The first-order chi connectivity index (χ1) is 14.1. The highest BCUT2D eigenvalue weighted by Gasteiger charge is 2.12. The van der Waals surface area contributed by atoms with Crippen LogP contribution in [0.15, 0.2) is 48.5 Å². The Morgan fingerprint density at radius 2 is 1.86 bits per heavy atom. The van der Waals surface area contributed by atoms with Gasteiger partial charge in [-0.3, -0.25) is 4.79 Å². The second kappa shape index (κ2) is 10.4. The maximum absolute atomic E-state index is 12.1. The van der Waals surface area contributed by atoms with E-state index >= 15 is 0 Å². The van der Waals surface area contributed by atoms with Crippen LogP contribution in [0, 0.1) is 5.92 Å². The van der Waals surface area contributed by atoms with Crippen LogP contribution in [-0.2, 0) is 13.0 Å². The number of nitrogens with one attached hydrogen (secondary N) is 1. The number of fused-ring (bicyclic) bond motifs is 1. The Bertz CT molecular complexity index is 933. The number of rotatable bonds is 10. The minimum Gasteiger partial charge on any atom is -0.352 e. The lowest BCUT2D eigenvalue weighted by atomic mass is 10.1. The Kier molecular flexibility index (Phi) is 7.70. The lowest BCUT2D eigenvalue weighted by Gasteiger charge is -2.14. The fourth-order valence-corrected chi connectivity index (χ4v) is 3.58. The van der Waals surface area contributed by atoms with E-state index in [9.17, 15) is 4.79 Å². The molecule has 0 fully saturated rings. The zero-order valence-corrected chi connectivity index (χ0v) is 18.1. The summed E-state index contributed by atoms with van der Waals surface area (Å²) in [6.45, 7) is 6.23. The third kappa shape index (κ3) is 5.83. The van der Waals surface area contributed by atoms with E-state index in [1.165, 1.54) is 17.8 Å². The number of benzene rings is 2. The highest BCUT2D eigenvalue weighted by molar-refractivity contribution is 6.30. The zero-order valence-electron chi connectivity index (χ0n) is 17.3. The molecule has 154 valence electrons. The number of hydrogen-bond acceptors (Lipinski definition) is 2.